The lowest BCUT2D eigenvalue weighted by atomic mass is 10.2. The van der Waals surface area contributed by atoms with Gasteiger partial charge in [-0.15, -0.1) is 0 Å². The SMILES string of the molecule is CC(=O)Nc1ccc(C(=O)N/N=C(/C)CC(=O)Nc2ccccc2)cc1. The van der Waals surface area contributed by atoms with Crippen LogP contribution in [0.15, 0.2) is 59.7 Å². The highest BCUT2D eigenvalue weighted by Gasteiger charge is 2.07. The van der Waals surface area contributed by atoms with Gasteiger partial charge in [0.1, 0.15) is 0 Å². The predicted octanol–water partition coefficient (Wildman–Crippen LogP) is 2.78. The van der Waals surface area contributed by atoms with E-state index in [-0.39, 0.29) is 18.2 Å². The number of hydrogen-bond acceptors (Lipinski definition) is 4. The minimum atomic E-state index is -0.401. The number of amides is 3. The summed E-state index contributed by atoms with van der Waals surface area (Å²) in [5.41, 5.74) is 4.58. The van der Waals surface area contributed by atoms with E-state index in [2.05, 4.69) is 21.2 Å². The summed E-state index contributed by atoms with van der Waals surface area (Å²) in [4.78, 5) is 34.9. The summed E-state index contributed by atoms with van der Waals surface area (Å²) < 4.78 is 0. The molecule has 2 aromatic carbocycles. The van der Waals surface area contributed by atoms with Crippen LogP contribution >= 0.6 is 0 Å². The molecule has 0 radical (unpaired) electrons. The zero-order chi connectivity index (χ0) is 18.9. The summed E-state index contributed by atoms with van der Waals surface area (Å²) in [6, 6.07) is 15.5. The molecule has 0 saturated carbocycles. The van der Waals surface area contributed by atoms with E-state index in [1.165, 1.54) is 6.92 Å². The summed E-state index contributed by atoms with van der Waals surface area (Å²) in [7, 11) is 0. The first kappa shape index (κ1) is 18.9. The zero-order valence-corrected chi connectivity index (χ0v) is 14.6. The van der Waals surface area contributed by atoms with Crippen LogP contribution in [0.3, 0.4) is 0 Å². The van der Waals surface area contributed by atoms with Crippen LogP contribution in [0.1, 0.15) is 30.6 Å². The molecule has 0 aliphatic rings. The van der Waals surface area contributed by atoms with Gasteiger partial charge in [-0.1, -0.05) is 18.2 Å². The molecule has 7 heteroatoms. The fraction of sp³-hybridized carbons (Fsp3) is 0.158. The third-order valence-corrected chi connectivity index (χ3v) is 3.29. The molecule has 26 heavy (non-hydrogen) atoms. The number of anilines is 2. The van der Waals surface area contributed by atoms with Crippen LogP contribution in [-0.4, -0.2) is 23.4 Å². The Kier molecular flexibility index (Phi) is 6.61. The summed E-state index contributed by atoms with van der Waals surface area (Å²) >= 11 is 0. The van der Waals surface area contributed by atoms with E-state index in [1.54, 1.807) is 43.3 Å². The number of para-hydroxylation sites is 1. The maximum atomic E-state index is 12.1. The number of hydrogen-bond donors (Lipinski definition) is 3. The van der Waals surface area contributed by atoms with Crippen molar-refractivity contribution in [1.29, 1.82) is 0 Å². The fourth-order valence-corrected chi connectivity index (χ4v) is 2.12. The Morgan fingerprint density at radius 1 is 0.846 bits per heavy atom. The second-order valence-electron chi connectivity index (χ2n) is 5.64. The molecule has 2 aromatic rings. The Morgan fingerprint density at radius 3 is 2.08 bits per heavy atom. The number of carbonyl (C=O) groups is 3. The molecule has 0 heterocycles. The van der Waals surface area contributed by atoms with Gasteiger partial charge >= 0.3 is 0 Å². The van der Waals surface area contributed by atoms with Crippen molar-refractivity contribution in [2.75, 3.05) is 10.6 Å². The molecule has 3 amide bonds. The van der Waals surface area contributed by atoms with E-state index in [1.807, 2.05) is 18.2 Å². The Hall–Kier alpha value is -3.48. The number of hydrazone groups is 1. The Bertz CT molecular complexity index is 814. The highest BCUT2D eigenvalue weighted by atomic mass is 16.2. The first-order chi connectivity index (χ1) is 12.4. The van der Waals surface area contributed by atoms with E-state index in [0.29, 0.717) is 22.6 Å². The lowest BCUT2D eigenvalue weighted by molar-refractivity contribution is -0.115. The molecule has 0 aliphatic carbocycles. The smallest absolute Gasteiger partial charge is 0.271 e. The first-order valence-corrected chi connectivity index (χ1v) is 8.00. The number of nitrogens with zero attached hydrogens (tertiary/aromatic N) is 1. The molecule has 134 valence electrons. The fourth-order valence-electron chi connectivity index (χ4n) is 2.12. The van der Waals surface area contributed by atoms with Crippen molar-refractivity contribution >= 4 is 34.8 Å². The van der Waals surface area contributed by atoms with Gasteiger partial charge in [-0.05, 0) is 43.3 Å². The predicted molar refractivity (Wildman–Crippen MR) is 101 cm³/mol. The van der Waals surface area contributed by atoms with Crippen molar-refractivity contribution in [3.63, 3.8) is 0 Å². The second kappa shape index (κ2) is 9.12. The lowest BCUT2D eigenvalue weighted by Gasteiger charge is -2.06. The standard InChI is InChI=1S/C19H20N4O3/c1-13(12-18(25)21-16-6-4-3-5-7-16)22-23-19(26)15-8-10-17(11-9-15)20-14(2)24/h3-11H,12H2,1-2H3,(H,20,24)(H,21,25)(H,23,26)/b22-13-. The molecule has 7 nitrogen and oxygen atoms in total. The zero-order valence-electron chi connectivity index (χ0n) is 14.6. The Labute approximate surface area is 151 Å². The normalized spacial score (nSPS) is 10.8. The van der Waals surface area contributed by atoms with Gasteiger partial charge < -0.3 is 10.6 Å². The molecule has 0 spiro atoms. The molecule has 0 atom stereocenters. The highest BCUT2D eigenvalue weighted by molar-refractivity contribution is 6.06. The quantitative estimate of drug-likeness (QED) is 0.550. The van der Waals surface area contributed by atoms with Gasteiger partial charge in [-0.3, -0.25) is 14.4 Å². The summed E-state index contributed by atoms with van der Waals surface area (Å²) in [6.07, 6.45) is 0.0661. The van der Waals surface area contributed by atoms with Crippen molar-refractivity contribution in [1.82, 2.24) is 5.43 Å². The number of carbonyl (C=O) groups excluding carboxylic acids is 3. The van der Waals surface area contributed by atoms with E-state index >= 15 is 0 Å². The molecule has 0 bridgehead atoms. The topological polar surface area (TPSA) is 99.7 Å². The molecule has 0 unspecified atom stereocenters. The second-order valence-corrected chi connectivity index (χ2v) is 5.64. The summed E-state index contributed by atoms with van der Waals surface area (Å²) in [5.74, 6) is -0.801. The molecule has 0 saturated heterocycles. The molecular formula is C19H20N4O3. The average molecular weight is 352 g/mol. The van der Waals surface area contributed by atoms with Gasteiger partial charge in [-0.25, -0.2) is 5.43 Å². The van der Waals surface area contributed by atoms with E-state index in [4.69, 9.17) is 0 Å². The lowest BCUT2D eigenvalue weighted by Crippen LogP contribution is -2.21. The molecule has 0 aliphatic heterocycles. The van der Waals surface area contributed by atoms with Crippen molar-refractivity contribution in [3.05, 3.63) is 60.2 Å². The van der Waals surface area contributed by atoms with E-state index in [9.17, 15) is 14.4 Å². The maximum Gasteiger partial charge on any atom is 0.271 e. The van der Waals surface area contributed by atoms with E-state index < -0.39 is 5.91 Å². The third-order valence-electron chi connectivity index (χ3n) is 3.29. The number of rotatable bonds is 6. The van der Waals surface area contributed by atoms with Gasteiger partial charge in [-0.2, -0.15) is 5.10 Å². The van der Waals surface area contributed by atoms with Gasteiger partial charge in [0.2, 0.25) is 11.8 Å². The van der Waals surface area contributed by atoms with Crippen LogP contribution in [0.5, 0.6) is 0 Å². The number of benzene rings is 2. The molecule has 0 aromatic heterocycles. The largest absolute Gasteiger partial charge is 0.326 e. The Balaban J connectivity index is 1.86. The Morgan fingerprint density at radius 2 is 1.46 bits per heavy atom. The van der Waals surface area contributed by atoms with Crippen LogP contribution in [0.25, 0.3) is 0 Å². The molecule has 2 rings (SSSR count). The van der Waals surface area contributed by atoms with Crippen LogP contribution in [0.2, 0.25) is 0 Å². The minimum absolute atomic E-state index is 0.0661. The van der Waals surface area contributed by atoms with Crippen LogP contribution in [-0.2, 0) is 9.59 Å². The van der Waals surface area contributed by atoms with Crippen molar-refractivity contribution in [2.24, 2.45) is 5.10 Å². The highest BCUT2D eigenvalue weighted by Crippen LogP contribution is 2.09. The van der Waals surface area contributed by atoms with Gasteiger partial charge in [0.15, 0.2) is 0 Å². The minimum Gasteiger partial charge on any atom is -0.326 e. The van der Waals surface area contributed by atoms with Gasteiger partial charge in [0.25, 0.3) is 5.91 Å². The van der Waals surface area contributed by atoms with Crippen molar-refractivity contribution in [2.45, 2.75) is 20.3 Å². The van der Waals surface area contributed by atoms with Gasteiger partial charge in [0.05, 0.1) is 6.42 Å². The summed E-state index contributed by atoms with van der Waals surface area (Å²) in [5, 5.41) is 9.31. The maximum absolute atomic E-state index is 12.1. The van der Waals surface area contributed by atoms with Gasteiger partial charge in [0, 0.05) is 29.6 Å². The average Bonchev–Trinajstić information content (AvgIpc) is 2.60. The molecular weight excluding hydrogens is 332 g/mol. The van der Waals surface area contributed by atoms with Crippen molar-refractivity contribution in [3.8, 4) is 0 Å². The van der Waals surface area contributed by atoms with Crippen LogP contribution in [0.4, 0.5) is 11.4 Å². The van der Waals surface area contributed by atoms with Crippen LogP contribution in [0, 0.1) is 0 Å². The van der Waals surface area contributed by atoms with E-state index in [0.717, 1.165) is 0 Å². The molecule has 0 fully saturated rings. The monoisotopic (exact) mass is 352 g/mol. The third kappa shape index (κ3) is 6.20. The first-order valence-electron chi connectivity index (χ1n) is 8.00. The summed E-state index contributed by atoms with van der Waals surface area (Å²) in [6.45, 7) is 3.07. The van der Waals surface area contributed by atoms with Crippen molar-refractivity contribution < 1.29 is 14.4 Å². The van der Waals surface area contributed by atoms with Crippen LogP contribution < -0.4 is 16.1 Å². The number of nitrogens with one attached hydrogen (secondary N) is 3. The molecule has 3 N–H and O–H groups in total.